The molecule has 7 heteroatoms. The van der Waals surface area contributed by atoms with E-state index in [9.17, 15) is 4.79 Å². The maximum absolute atomic E-state index is 11.9. The van der Waals surface area contributed by atoms with E-state index in [2.05, 4.69) is 15.6 Å². The molecule has 0 saturated carbocycles. The minimum atomic E-state index is -0.161. The van der Waals surface area contributed by atoms with Crippen LogP contribution in [0, 0.1) is 0 Å². The smallest absolute Gasteiger partial charge is 0.252 e. The fourth-order valence-electron chi connectivity index (χ4n) is 1.90. The fourth-order valence-corrected chi connectivity index (χ4v) is 2.42. The highest BCUT2D eigenvalue weighted by atomic mass is 35.5. The summed E-state index contributed by atoms with van der Waals surface area (Å²) in [5.41, 5.74) is 1.23. The lowest BCUT2D eigenvalue weighted by Gasteiger charge is -2.08. The molecule has 0 bridgehead atoms. The van der Waals surface area contributed by atoms with Gasteiger partial charge in [-0.15, -0.1) is 0 Å². The SMILES string of the molecule is COCCCNC(=O)c1ccc(Nc2cc(Cl)cc(Cl)c2)nc1. The van der Waals surface area contributed by atoms with Gasteiger partial charge in [0.2, 0.25) is 0 Å². The summed E-state index contributed by atoms with van der Waals surface area (Å²) in [6, 6.07) is 8.56. The van der Waals surface area contributed by atoms with Crippen LogP contribution in [0.4, 0.5) is 11.5 Å². The van der Waals surface area contributed by atoms with E-state index in [-0.39, 0.29) is 5.91 Å². The van der Waals surface area contributed by atoms with Gasteiger partial charge in [-0.1, -0.05) is 23.2 Å². The number of ether oxygens (including phenoxy) is 1. The number of aromatic nitrogens is 1. The normalized spacial score (nSPS) is 10.4. The molecule has 1 heterocycles. The second-order valence-corrected chi connectivity index (χ2v) is 5.69. The lowest BCUT2D eigenvalue weighted by Crippen LogP contribution is -2.25. The monoisotopic (exact) mass is 353 g/mol. The first-order valence-electron chi connectivity index (χ1n) is 7.05. The third-order valence-electron chi connectivity index (χ3n) is 2.97. The van der Waals surface area contributed by atoms with Crippen molar-refractivity contribution in [2.24, 2.45) is 0 Å². The number of nitrogens with zero attached hydrogens (tertiary/aromatic N) is 1. The average Bonchev–Trinajstić information content (AvgIpc) is 2.51. The molecule has 2 rings (SSSR count). The van der Waals surface area contributed by atoms with Crippen molar-refractivity contribution < 1.29 is 9.53 Å². The number of benzene rings is 1. The Bertz CT molecular complexity index is 643. The molecule has 1 aromatic heterocycles. The van der Waals surface area contributed by atoms with Crippen LogP contribution in [-0.4, -0.2) is 31.2 Å². The van der Waals surface area contributed by atoms with Crippen molar-refractivity contribution in [2.75, 3.05) is 25.6 Å². The zero-order valence-corrected chi connectivity index (χ0v) is 14.1. The molecule has 5 nitrogen and oxygen atoms in total. The number of hydrogen-bond acceptors (Lipinski definition) is 4. The van der Waals surface area contributed by atoms with E-state index in [1.807, 2.05) is 0 Å². The first-order valence-corrected chi connectivity index (χ1v) is 7.80. The van der Waals surface area contributed by atoms with Crippen molar-refractivity contribution in [1.29, 1.82) is 0 Å². The molecule has 0 fully saturated rings. The zero-order chi connectivity index (χ0) is 16.7. The Morgan fingerprint density at radius 2 is 1.96 bits per heavy atom. The summed E-state index contributed by atoms with van der Waals surface area (Å²) >= 11 is 11.9. The number of anilines is 2. The van der Waals surface area contributed by atoms with Crippen LogP contribution in [0.5, 0.6) is 0 Å². The van der Waals surface area contributed by atoms with E-state index < -0.39 is 0 Å². The molecule has 0 aliphatic carbocycles. The van der Waals surface area contributed by atoms with Gasteiger partial charge < -0.3 is 15.4 Å². The molecule has 1 amide bonds. The molecule has 122 valence electrons. The molecule has 2 aromatic rings. The van der Waals surface area contributed by atoms with Crippen molar-refractivity contribution in [2.45, 2.75) is 6.42 Å². The van der Waals surface area contributed by atoms with E-state index in [0.29, 0.717) is 34.6 Å². The second-order valence-electron chi connectivity index (χ2n) is 4.82. The molecule has 0 aliphatic heterocycles. The largest absolute Gasteiger partial charge is 0.385 e. The van der Waals surface area contributed by atoms with Gasteiger partial charge >= 0.3 is 0 Å². The standard InChI is InChI=1S/C16H17Cl2N3O2/c1-23-6-2-5-19-16(22)11-3-4-15(20-10-11)21-14-8-12(17)7-13(18)9-14/h3-4,7-10H,2,5-6H2,1H3,(H,19,22)(H,20,21). The lowest BCUT2D eigenvalue weighted by atomic mass is 10.2. The van der Waals surface area contributed by atoms with Gasteiger partial charge in [0.05, 0.1) is 5.56 Å². The van der Waals surface area contributed by atoms with Crippen LogP contribution in [0.3, 0.4) is 0 Å². The van der Waals surface area contributed by atoms with Crippen molar-refractivity contribution in [3.05, 3.63) is 52.1 Å². The van der Waals surface area contributed by atoms with Crippen LogP contribution < -0.4 is 10.6 Å². The number of nitrogens with one attached hydrogen (secondary N) is 2. The molecular weight excluding hydrogens is 337 g/mol. The Hall–Kier alpha value is -1.82. The molecule has 0 unspecified atom stereocenters. The summed E-state index contributed by atoms with van der Waals surface area (Å²) in [6.07, 6.45) is 2.28. The van der Waals surface area contributed by atoms with Crippen molar-refractivity contribution in [3.8, 4) is 0 Å². The summed E-state index contributed by atoms with van der Waals surface area (Å²) in [5.74, 6) is 0.435. The maximum Gasteiger partial charge on any atom is 0.252 e. The highest BCUT2D eigenvalue weighted by molar-refractivity contribution is 6.35. The van der Waals surface area contributed by atoms with Crippen LogP contribution in [0.1, 0.15) is 16.8 Å². The topological polar surface area (TPSA) is 63.2 Å². The van der Waals surface area contributed by atoms with Crippen molar-refractivity contribution in [3.63, 3.8) is 0 Å². The number of halogens is 2. The van der Waals surface area contributed by atoms with E-state index in [4.69, 9.17) is 27.9 Å². The highest BCUT2D eigenvalue weighted by Gasteiger charge is 2.06. The molecule has 0 spiro atoms. The van der Waals surface area contributed by atoms with Gasteiger partial charge in [0, 0.05) is 42.2 Å². The van der Waals surface area contributed by atoms with Gasteiger partial charge in [-0.25, -0.2) is 4.98 Å². The van der Waals surface area contributed by atoms with Gasteiger partial charge in [0.1, 0.15) is 5.82 Å². The summed E-state index contributed by atoms with van der Waals surface area (Å²) < 4.78 is 4.93. The first-order chi connectivity index (χ1) is 11.1. The minimum Gasteiger partial charge on any atom is -0.385 e. The van der Waals surface area contributed by atoms with Crippen LogP contribution in [-0.2, 0) is 4.74 Å². The Labute approximate surface area is 145 Å². The number of hydrogen-bond donors (Lipinski definition) is 2. The average molecular weight is 354 g/mol. The Kier molecular flexibility index (Phi) is 6.65. The van der Waals surface area contributed by atoms with Gasteiger partial charge in [-0.2, -0.15) is 0 Å². The predicted octanol–water partition coefficient (Wildman–Crippen LogP) is 3.90. The number of methoxy groups -OCH3 is 1. The molecular formula is C16H17Cl2N3O2. The van der Waals surface area contributed by atoms with Crippen LogP contribution in [0.25, 0.3) is 0 Å². The molecule has 0 radical (unpaired) electrons. The van der Waals surface area contributed by atoms with E-state index in [1.54, 1.807) is 37.4 Å². The highest BCUT2D eigenvalue weighted by Crippen LogP contribution is 2.24. The van der Waals surface area contributed by atoms with Gasteiger partial charge in [0.25, 0.3) is 5.91 Å². The molecule has 0 atom stereocenters. The number of carbonyl (C=O) groups excluding carboxylic acids is 1. The first kappa shape index (κ1) is 17.5. The Morgan fingerprint density at radius 1 is 1.22 bits per heavy atom. The predicted molar refractivity (Wildman–Crippen MR) is 92.8 cm³/mol. The number of carbonyl (C=O) groups is 1. The molecule has 0 aliphatic rings. The number of rotatable bonds is 7. The molecule has 1 aromatic carbocycles. The van der Waals surface area contributed by atoms with Crippen molar-refractivity contribution in [1.82, 2.24) is 10.3 Å². The van der Waals surface area contributed by atoms with E-state index >= 15 is 0 Å². The Morgan fingerprint density at radius 3 is 2.57 bits per heavy atom. The maximum atomic E-state index is 11.9. The Balaban J connectivity index is 1.95. The third kappa shape index (κ3) is 5.71. The molecule has 23 heavy (non-hydrogen) atoms. The van der Waals surface area contributed by atoms with Crippen molar-refractivity contribution >= 4 is 40.6 Å². The summed E-state index contributed by atoms with van der Waals surface area (Å²) in [6.45, 7) is 1.18. The summed E-state index contributed by atoms with van der Waals surface area (Å²) in [7, 11) is 1.63. The van der Waals surface area contributed by atoms with Crippen LogP contribution in [0.15, 0.2) is 36.5 Å². The van der Waals surface area contributed by atoms with Gasteiger partial charge in [-0.05, 0) is 36.8 Å². The fraction of sp³-hybridized carbons (Fsp3) is 0.250. The minimum absolute atomic E-state index is 0.161. The third-order valence-corrected chi connectivity index (χ3v) is 3.41. The van der Waals surface area contributed by atoms with Gasteiger partial charge in [-0.3, -0.25) is 4.79 Å². The van der Waals surface area contributed by atoms with E-state index in [0.717, 1.165) is 12.1 Å². The summed E-state index contributed by atoms with van der Waals surface area (Å²) in [5, 5.41) is 6.96. The molecule has 2 N–H and O–H groups in total. The van der Waals surface area contributed by atoms with Crippen LogP contribution >= 0.6 is 23.2 Å². The summed E-state index contributed by atoms with van der Waals surface area (Å²) in [4.78, 5) is 16.1. The second kappa shape index (κ2) is 8.72. The lowest BCUT2D eigenvalue weighted by molar-refractivity contribution is 0.0948. The number of amides is 1. The zero-order valence-electron chi connectivity index (χ0n) is 12.6. The van der Waals surface area contributed by atoms with Gasteiger partial charge in [0.15, 0.2) is 0 Å². The van der Waals surface area contributed by atoms with E-state index in [1.165, 1.54) is 6.20 Å². The van der Waals surface area contributed by atoms with Crippen LogP contribution in [0.2, 0.25) is 10.0 Å². The number of pyridine rings is 1. The molecule has 0 saturated heterocycles. The quantitative estimate of drug-likeness (QED) is 0.741.